The van der Waals surface area contributed by atoms with Crippen molar-refractivity contribution in [1.29, 1.82) is 0 Å². The summed E-state index contributed by atoms with van der Waals surface area (Å²) in [5.74, 6) is 0.570. The smallest absolute Gasteiger partial charge is 0.354 e. The summed E-state index contributed by atoms with van der Waals surface area (Å²) in [6, 6.07) is 6.75. The van der Waals surface area contributed by atoms with E-state index in [1.54, 1.807) is 12.1 Å². The molecule has 0 aliphatic heterocycles. The molecule has 0 spiro atoms. The number of pyridine rings is 1. The van der Waals surface area contributed by atoms with Gasteiger partial charge in [0.1, 0.15) is 5.82 Å². The molecule has 0 amide bonds. The van der Waals surface area contributed by atoms with Gasteiger partial charge in [-0.2, -0.15) is 0 Å². The van der Waals surface area contributed by atoms with Gasteiger partial charge in [0.15, 0.2) is 11.5 Å². The van der Waals surface area contributed by atoms with Crippen LogP contribution in [0.3, 0.4) is 0 Å². The number of hydrogen-bond acceptors (Lipinski definition) is 5. The molecule has 2 aromatic heterocycles. The van der Waals surface area contributed by atoms with Crippen molar-refractivity contribution in [1.82, 2.24) is 10.1 Å². The van der Waals surface area contributed by atoms with Crippen LogP contribution in [0.2, 0.25) is 0 Å². The summed E-state index contributed by atoms with van der Waals surface area (Å²) in [4.78, 5) is 14.8. The van der Waals surface area contributed by atoms with Crippen molar-refractivity contribution < 1.29 is 14.4 Å². The monoisotopic (exact) mass is 289 g/mol. The van der Waals surface area contributed by atoms with Gasteiger partial charge in [0, 0.05) is 12.0 Å². The maximum atomic E-state index is 10.9. The fourth-order valence-electron chi connectivity index (χ4n) is 2.14. The number of anilines is 1. The van der Waals surface area contributed by atoms with E-state index in [1.165, 1.54) is 6.07 Å². The number of nitrogens with zero attached hydrogens (tertiary/aromatic N) is 2. The zero-order chi connectivity index (χ0) is 15.2. The summed E-state index contributed by atoms with van der Waals surface area (Å²) in [5.41, 5.74) is 0.972. The number of nitrogens with one attached hydrogen (secondary N) is 1. The lowest BCUT2D eigenvalue weighted by atomic mass is 9.99. The normalized spacial score (nSPS) is 10.8. The Labute approximate surface area is 123 Å². The summed E-state index contributed by atoms with van der Waals surface area (Å²) in [6.45, 7) is 4.67. The molecule has 0 aromatic carbocycles. The Balaban J connectivity index is 2.00. The van der Waals surface area contributed by atoms with E-state index in [1.807, 2.05) is 6.07 Å². The highest BCUT2D eigenvalue weighted by Gasteiger charge is 2.13. The van der Waals surface area contributed by atoms with Crippen LogP contribution in [-0.4, -0.2) is 21.2 Å². The summed E-state index contributed by atoms with van der Waals surface area (Å²) in [5, 5.41) is 16.0. The van der Waals surface area contributed by atoms with Crippen LogP contribution in [0.4, 0.5) is 5.82 Å². The third kappa shape index (κ3) is 3.81. The van der Waals surface area contributed by atoms with Gasteiger partial charge < -0.3 is 14.9 Å². The average Bonchev–Trinajstić information content (AvgIpc) is 2.95. The maximum absolute atomic E-state index is 10.9. The fourth-order valence-corrected chi connectivity index (χ4v) is 2.14. The van der Waals surface area contributed by atoms with Crippen molar-refractivity contribution in [3.05, 3.63) is 41.4 Å². The Bertz CT molecular complexity index is 606. The minimum absolute atomic E-state index is 0.00953. The molecule has 0 aliphatic carbocycles. The topological polar surface area (TPSA) is 88.2 Å². The van der Waals surface area contributed by atoms with E-state index < -0.39 is 5.97 Å². The van der Waals surface area contributed by atoms with Crippen molar-refractivity contribution in [2.45, 2.75) is 39.2 Å². The second-order valence-corrected chi connectivity index (χ2v) is 4.80. The van der Waals surface area contributed by atoms with Gasteiger partial charge in [0.25, 0.3) is 0 Å². The zero-order valence-electron chi connectivity index (χ0n) is 12.2. The van der Waals surface area contributed by atoms with Gasteiger partial charge in [-0.15, -0.1) is 0 Å². The van der Waals surface area contributed by atoms with Crippen LogP contribution in [0.5, 0.6) is 0 Å². The fraction of sp³-hybridized carbons (Fsp3) is 0.400. The van der Waals surface area contributed by atoms with Crippen LogP contribution in [0.1, 0.15) is 54.5 Å². The van der Waals surface area contributed by atoms with E-state index in [0.29, 0.717) is 24.0 Å². The third-order valence-electron chi connectivity index (χ3n) is 3.39. The average molecular weight is 289 g/mol. The van der Waals surface area contributed by atoms with E-state index in [9.17, 15) is 4.79 Å². The molecule has 0 atom stereocenters. The lowest BCUT2D eigenvalue weighted by molar-refractivity contribution is 0.0690. The molecule has 2 heterocycles. The first kappa shape index (κ1) is 15.0. The molecule has 0 saturated heterocycles. The highest BCUT2D eigenvalue weighted by molar-refractivity contribution is 5.85. The molecule has 2 N–H and O–H groups in total. The van der Waals surface area contributed by atoms with Crippen LogP contribution >= 0.6 is 0 Å². The molecule has 2 aromatic rings. The molecule has 0 radical (unpaired) electrons. The molecule has 0 bridgehead atoms. The molecular weight excluding hydrogens is 270 g/mol. The SMILES string of the molecule is CCC(CC)c1cc(CNc2cccc(C(=O)O)n2)on1. The number of carbonyl (C=O) groups is 1. The van der Waals surface area contributed by atoms with Crippen molar-refractivity contribution >= 4 is 11.8 Å². The van der Waals surface area contributed by atoms with Crippen molar-refractivity contribution in [2.24, 2.45) is 0 Å². The number of rotatable bonds is 7. The van der Waals surface area contributed by atoms with E-state index in [0.717, 1.165) is 18.5 Å². The molecule has 0 unspecified atom stereocenters. The van der Waals surface area contributed by atoms with Gasteiger partial charge in [-0.25, -0.2) is 9.78 Å². The molecular formula is C15H19N3O3. The van der Waals surface area contributed by atoms with Gasteiger partial charge in [0.2, 0.25) is 0 Å². The molecule has 6 heteroatoms. The lowest BCUT2D eigenvalue weighted by Gasteiger charge is -2.06. The predicted molar refractivity (Wildman–Crippen MR) is 78.3 cm³/mol. The van der Waals surface area contributed by atoms with Gasteiger partial charge in [-0.1, -0.05) is 25.1 Å². The zero-order valence-corrected chi connectivity index (χ0v) is 12.2. The van der Waals surface area contributed by atoms with Crippen molar-refractivity contribution in [3.63, 3.8) is 0 Å². The summed E-state index contributed by atoms with van der Waals surface area (Å²) in [7, 11) is 0. The lowest BCUT2D eigenvalue weighted by Crippen LogP contribution is -2.05. The van der Waals surface area contributed by atoms with E-state index in [4.69, 9.17) is 9.63 Å². The van der Waals surface area contributed by atoms with Crippen molar-refractivity contribution in [3.8, 4) is 0 Å². The number of carboxylic acid groups (broad SMARTS) is 1. The van der Waals surface area contributed by atoms with Crippen LogP contribution in [0, 0.1) is 0 Å². The highest BCUT2D eigenvalue weighted by atomic mass is 16.5. The van der Waals surface area contributed by atoms with Crippen LogP contribution in [0.15, 0.2) is 28.8 Å². The standard InChI is InChI=1S/C15H19N3O3/c1-3-10(4-2)13-8-11(21-18-13)9-16-14-7-5-6-12(17-14)15(19)20/h5-8,10H,3-4,9H2,1-2H3,(H,16,17)(H,19,20). The number of carboxylic acids is 1. The summed E-state index contributed by atoms with van der Waals surface area (Å²) >= 11 is 0. The Kier molecular flexibility index (Phi) is 4.92. The largest absolute Gasteiger partial charge is 0.477 e. The summed E-state index contributed by atoms with van der Waals surface area (Å²) in [6.07, 6.45) is 2.05. The van der Waals surface area contributed by atoms with E-state index in [-0.39, 0.29) is 5.69 Å². The molecule has 112 valence electrons. The van der Waals surface area contributed by atoms with Crippen LogP contribution in [0.25, 0.3) is 0 Å². The maximum Gasteiger partial charge on any atom is 0.354 e. The molecule has 0 aliphatic rings. The highest BCUT2D eigenvalue weighted by Crippen LogP contribution is 2.22. The molecule has 2 rings (SSSR count). The minimum atomic E-state index is -1.05. The molecule has 0 fully saturated rings. The van der Waals surface area contributed by atoms with Gasteiger partial charge in [0.05, 0.1) is 12.2 Å². The molecule has 0 saturated carbocycles. The van der Waals surface area contributed by atoms with Crippen LogP contribution < -0.4 is 5.32 Å². The molecule has 21 heavy (non-hydrogen) atoms. The van der Waals surface area contributed by atoms with Crippen molar-refractivity contribution in [2.75, 3.05) is 5.32 Å². The Hall–Kier alpha value is -2.37. The molecule has 6 nitrogen and oxygen atoms in total. The Morgan fingerprint density at radius 1 is 1.38 bits per heavy atom. The quantitative estimate of drug-likeness (QED) is 0.813. The third-order valence-corrected chi connectivity index (χ3v) is 3.39. The van der Waals surface area contributed by atoms with Gasteiger partial charge >= 0.3 is 5.97 Å². The Morgan fingerprint density at radius 2 is 2.14 bits per heavy atom. The van der Waals surface area contributed by atoms with Crippen LogP contribution in [-0.2, 0) is 6.54 Å². The van der Waals surface area contributed by atoms with E-state index in [2.05, 4.69) is 29.3 Å². The minimum Gasteiger partial charge on any atom is -0.477 e. The van der Waals surface area contributed by atoms with Gasteiger partial charge in [-0.05, 0) is 25.0 Å². The number of hydrogen-bond donors (Lipinski definition) is 2. The second kappa shape index (κ2) is 6.88. The predicted octanol–water partition coefficient (Wildman–Crippen LogP) is 3.28. The number of aromatic carboxylic acids is 1. The first-order valence-electron chi connectivity index (χ1n) is 7.03. The summed E-state index contributed by atoms with van der Waals surface area (Å²) < 4.78 is 5.29. The first-order valence-corrected chi connectivity index (χ1v) is 7.03. The number of aromatic nitrogens is 2. The first-order chi connectivity index (χ1) is 10.1. The second-order valence-electron chi connectivity index (χ2n) is 4.80. The van der Waals surface area contributed by atoms with Gasteiger partial charge in [-0.3, -0.25) is 0 Å². The van der Waals surface area contributed by atoms with E-state index >= 15 is 0 Å². The Morgan fingerprint density at radius 3 is 2.81 bits per heavy atom.